The molecule has 0 aliphatic carbocycles. The molecule has 0 bridgehead atoms. The lowest BCUT2D eigenvalue weighted by Crippen LogP contribution is -2.24. The zero-order chi connectivity index (χ0) is 17.8. The summed E-state index contributed by atoms with van der Waals surface area (Å²) in [5.74, 6) is 1.12. The van der Waals surface area contributed by atoms with Crippen molar-refractivity contribution < 1.29 is 30.6 Å². The molecule has 0 aliphatic rings. The number of oxime groups is 1. The normalized spacial score (nSPS) is 12.8. The second-order valence-corrected chi connectivity index (χ2v) is 6.11. The van der Waals surface area contributed by atoms with Gasteiger partial charge in [0.05, 0.1) is 5.71 Å². The maximum atomic E-state index is 12.1. The first-order valence-electron chi connectivity index (χ1n) is 6.57. The van der Waals surface area contributed by atoms with E-state index in [0.717, 1.165) is 0 Å². The zero-order valence-corrected chi connectivity index (χ0v) is 13.1. The lowest BCUT2D eigenvalue weighted by atomic mass is 10.1. The number of rotatable bonds is 5. The van der Waals surface area contributed by atoms with Gasteiger partial charge in [0.1, 0.15) is 11.5 Å². The van der Waals surface area contributed by atoms with Gasteiger partial charge in [-0.3, -0.25) is 4.28 Å². The van der Waals surface area contributed by atoms with Gasteiger partial charge in [0.25, 0.3) is 0 Å². The second-order valence-electron chi connectivity index (χ2n) is 4.59. The molecule has 2 aromatic carbocycles. The zero-order valence-electron chi connectivity index (χ0n) is 12.3. The first kappa shape index (κ1) is 17.8. The van der Waals surface area contributed by atoms with Gasteiger partial charge in [0, 0.05) is 0 Å². The molecule has 0 spiro atoms. The molecule has 0 atom stereocenters. The van der Waals surface area contributed by atoms with Gasteiger partial charge in [0.2, 0.25) is 0 Å². The van der Waals surface area contributed by atoms with Crippen molar-refractivity contribution in [3.63, 3.8) is 0 Å². The number of benzene rings is 2. The fourth-order valence-electron chi connectivity index (χ4n) is 1.59. The molecule has 0 radical (unpaired) electrons. The standard InChI is InChI=1S/C15H12F3NO4S/c1-11(19-23-24(20,21)15(16,17)18)12-7-9-14(10-8-12)22-13-5-3-2-4-6-13/h2-10H,1H3/b19-11+. The fourth-order valence-corrected chi connectivity index (χ4v) is 1.88. The van der Waals surface area contributed by atoms with Crippen molar-refractivity contribution in [2.24, 2.45) is 5.16 Å². The van der Waals surface area contributed by atoms with E-state index in [9.17, 15) is 21.6 Å². The Morgan fingerprint density at radius 2 is 1.50 bits per heavy atom. The monoisotopic (exact) mass is 359 g/mol. The topological polar surface area (TPSA) is 65.0 Å². The second kappa shape index (κ2) is 6.91. The fraction of sp³-hybridized carbons (Fsp3) is 0.133. The molecule has 0 N–H and O–H groups in total. The Morgan fingerprint density at radius 1 is 0.958 bits per heavy atom. The minimum Gasteiger partial charge on any atom is -0.457 e. The molecule has 2 rings (SSSR count). The Bertz CT molecular complexity index is 816. The number of hydrogen-bond acceptors (Lipinski definition) is 5. The van der Waals surface area contributed by atoms with Gasteiger partial charge in [-0.25, -0.2) is 0 Å². The summed E-state index contributed by atoms with van der Waals surface area (Å²) in [4.78, 5) is 0. The maximum Gasteiger partial charge on any atom is 0.536 e. The van der Waals surface area contributed by atoms with Crippen molar-refractivity contribution in [2.45, 2.75) is 12.4 Å². The lowest BCUT2D eigenvalue weighted by molar-refractivity contribution is -0.0540. The minimum absolute atomic E-state index is 0.0333. The number of halogens is 3. The largest absolute Gasteiger partial charge is 0.536 e. The molecule has 24 heavy (non-hydrogen) atoms. The lowest BCUT2D eigenvalue weighted by Gasteiger charge is -2.07. The van der Waals surface area contributed by atoms with Crippen LogP contribution in [-0.4, -0.2) is 19.6 Å². The average molecular weight is 359 g/mol. The van der Waals surface area contributed by atoms with Gasteiger partial charge in [-0.2, -0.15) is 21.6 Å². The first-order chi connectivity index (χ1) is 11.2. The van der Waals surface area contributed by atoms with Gasteiger partial charge < -0.3 is 4.74 Å². The third-order valence-corrected chi connectivity index (χ3v) is 3.64. The molecule has 0 heterocycles. The van der Waals surface area contributed by atoms with Gasteiger partial charge >= 0.3 is 15.6 Å². The maximum absolute atomic E-state index is 12.1. The highest BCUT2D eigenvalue weighted by molar-refractivity contribution is 7.87. The van der Waals surface area contributed by atoms with E-state index in [1.807, 2.05) is 6.07 Å². The van der Waals surface area contributed by atoms with E-state index in [0.29, 0.717) is 17.1 Å². The van der Waals surface area contributed by atoms with Crippen LogP contribution in [0.4, 0.5) is 13.2 Å². The quantitative estimate of drug-likeness (QED) is 0.459. The molecule has 9 heteroatoms. The van der Waals surface area contributed by atoms with E-state index in [2.05, 4.69) is 9.44 Å². The van der Waals surface area contributed by atoms with Crippen LogP contribution in [0.3, 0.4) is 0 Å². The number of alkyl halides is 3. The summed E-state index contributed by atoms with van der Waals surface area (Å²) < 4.78 is 67.2. The summed E-state index contributed by atoms with van der Waals surface area (Å²) in [7, 11) is -5.76. The van der Waals surface area contributed by atoms with Crippen LogP contribution in [0.25, 0.3) is 0 Å². The van der Waals surface area contributed by atoms with Crippen LogP contribution in [0.15, 0.2) is 59.8 Å². The number of hydrogen-bond donors (Lipinski definition) is 0. The number of nitrogens with zero attached hydrogens (tertiary/aromatic N) is 1. The smallest absolute Gasteiger partial charge is 0.457 e. The van der Waals surface area contributed by atoms with Gasteiger partial charge in [0.15, 0.2) is 0 Å². The Hall–Kier alpha value is -2.55. The third-order valence-electron chi connectivity index (χ3n) is 2.81. The molecular formula is C15H12F3NO4S. The van der Waals surface area contributed by atoms with Crippen LogP contribution in [0.2, 0.25) is 0 Å². The molecule has 0 saturated carbocycles. The highest BCUT2D eigenvalue weighted by Gasteiger charge is 2.49. The molecular weight excluding hydrogens is 347 g/mol. The highest BCUT2D eigenvalue weighted by atomic mass is 32.2. The Morgan fingerprint density at radius 3 is 2.04 bits per heavy atom. The third kappa shape index (κ3) is 4.48. The van der Waals surface area contributed by atoms with E-state index in [1.165, 1.54) is 19.1 Å². The van der Waals surface area contributed by atoms with Crippen molar-refractivity contribution in [3.05, 3.63) is 60.2 Å². The highest BCUT2D eigenvalue weighted by Crippen LogP contribution is 2.25. The molecule has 0 aromatic heterocycles. The van der Waals surface area contributed by atoms with Crippen LogP contribution in [-0.2, 0) is 14.4 Å². The molecule has 0 aliphatic heterocycles. The van der Waals surface area contributed by atoms with Gasteiger partial charge in [-0.05, 0) is 48.9 Å². The van der Waals surface area contributed by atoms with Gasteiger partial charge in [-0.1, -0.05) is 23.4 Å². The molecule has 0 amide bonds. The van der Waals surface area contributed by atoms with Crippen LogP contribution in [0.1, 0.15) is 12.5 Å². The van der Waals surface area contributed by atoms with E-state index < -0.39 is 15.6 Å². The summed E-state index contributed by atoms with van der Waals surface area (Å²) in [6.45, 7) is 1.32. The summed E-state index contributed by atoms with van der Waals surface area (Å²) in [6.07, 6.45) is 0. The number of para-hydroxylation sites is 1. The first-order valence-corrected chi connectivity index (χ1v) is 7.98. The van der Waals surface area contributed by atoms with E-state index in [4.69, 9.17) is 4.74 Å². The summed E-state index contributed by atoms with van der Waals surface area (Å²) in [5.41, 5.74) is -5.17. The Kier molecular flexibility index (Phi) is 5.13. The average Bonchev–Trinajstić information content (AvgIpc) is 2.53. The van der Waals surface area contributed by atoms with E-state index in [1.54, 1.807) is 36.4 Å². The van der Waals surface area contributed by atoms with Gasteiger partial charge in [-0.15, -0.1) is 0 Å². The molecule has 5 nitrogen and oxygen atoms in total. The molecule has 2 aromatic rings. The minimum atomic E-state index is -5.76. The van der Waals surface area contributed by atoms with Crippen LogP contribution >= 0.6 is 0 Å². The van der Waals surface area contributed by atoms with Crippen molar-refractivity contribution in [1.82, 2.24) is 0 Å². The SMILES string of the molecule is C/C(=N\OS(=O)(=O)C(F)(F)F)c1ccc(Oc2ccccc2)cc1. The molecule has 0 fully saturated rings. The van der Waals surface area contributed by atoms with Crippen molar-refractivity contribution >= 4 is 15.8 Å². The van der Waals surface area contributed by atoms with Crippen molar-refractivity contribution in [1.29, 1.82) is 0 Å². The number of ether oxygens (including phenoxy) is 1. The van der Waals surface area contributed by atoms with E-state index in [-0.39, 0.29) is 5.71 Å². The molecule has 0 unspecified atom stereocenters. The summed E-state index contributed by atoms with van der Waals surface area (Å²) >= 11 is 0. The van der Waals surface area contributed by atoms with Crippen molar-refractivity contribution in [2.75, 3.05) is 0 Å². The van der Waals surface area contributed by atoms with Crippen LogP contribution in [0, 0.1) is 0 Å². The predicted octanol–water partition coefficient (Wildman–Crippen LogP) is 4.07. The molecule has 128 valence electrons. The molecule has 0 saturated heterocycles. The summed E-state index contributed by atoms with van der Waals surface area (Å²) in [6, 6.07) is 15.1. The van der Waals surface area contributed by atoms with Crippen LogP contribution in [0.5, 0.6) is 11.5 Å². The Balaban J connectivity index is 2.08. The summed E-state index contributed by atoms with van der Waals surface area (Å²) in [5, 5.41) is 3.01. The predicted molar refractivity (Wildman–Crippen MR) is 81.2 cm³/mol. The van der Waals surface area contributed by atoms with E-state index >= 15 is 0 Å². The van der Waals surface area contributed by atoms with Crippen molar-refractivity contribution in [3.8, 4) is 11.5 Å². The van der Waals surface area contributed by atoms with Crippen LogP contribution < -0.4 is 4.74 Å². The Labute approximate surface area is 136 Å².